The van der Waals surface area contributed by atoms with Crippen molar-refractivity contribution < 1.29 is 4.79 Å². The zero-order valence-corrected chi connectivity index (χ0v) is 13.6. The minimum atomic E-state index is 0.119. The number of hydrogen-bond donors (Lipinski definition) is 2. The Morgan fingerprint density at radius 3 is 2.50 bits per heavy atom. The molecule has 2 aliphatic heterocycles. The molecule has 2 aliphatic rings. The minimum Gasteiger partial charge on any atom is -0.351 e. The van der Waals surface area contributed by atoms with Gasteiger partial charge >= 0.3 is 0 Å². The van der Waals surface area contributed by atoms with E-state index in [-0.39, 0.29) is 5.91 Å². The van der Waals surface area contributed by atoms with Crippen LogP contribution < -0.4 is 10.6 Å². The minimum absolute atomic E-state index is 0.119. The number of fused-ring (bicyclic) bond motifs is 2. The summed E-state index contributed by atoms with van der Waals surface area (Å²) in [5, 5.41) is 6.68. The van der Waals surface area contributed by atoms with Gasteiger partial charge < -0.3 is 10.6 Å². The molecule has 2 N–H and O–H groups in total. The van der Waals surface area contributed by atoms with E-state index in [2.05, 4.69) is 53.8 Å². The standard InChI is InChI=1S/C18H27N3O/c1-13-3-5-14(6-4-13)11-19-18(22)12-21(2)17-9-15-7-8-16(10-17)20-15/h3-6,15-17,20H,7-12H2,1-2H3,(H,19,22). The van der Waals surface area contributed by atoms with Crippen molar-refractivity contribution in [2.45, 2.75) is 57.3 Å². The van der Waals surface area contributed by atoms with Crippen LogP contribution in [0.2, 0.25) is 0 Å². The first-order chi connectivity index (χ1) is 10.6. The summed E-state index contributed by atoms with van der Waals surface area (Å²) in [5.41, 5.74) is 2.40. The van der Waals surface area contributed by atoms with Crippen molar-refractivity contribution in [3.8, 4) is 0 Å². The molecule has 4 heteroatoms. The number of nitrogens with zero attached hydrogens (tertiary/aromatic N) is 1. The lowest BCUT2D eigenvalue weighted by Gasteiger charge is -2.35. The highest BCUT2D eigenvalue weighted by molar-refractivity contribution is 5.78. The summed E-state index contributed by atoms with van der Waals surface area (Å²) in [4.78, 5) is 14.4. The Balaban J connectivity index is 1.44. The van der Waals surface area contributed by atoms with Crippen LogP contribution in [-0.4, -0.2) is 42.5 Å². The van der Waals surface area contributed by atoms with E-state index in [1.165, 1.54) is 31.2 Å². The fourth-order valence-corrected chi connectivity index (χ4v) is 3.71. The molecular weight excluding hydrogens is 274 g/mol. The topological polar surface area (TPSA) is 44.4 Å². The molecule has 0 spiro atoms. The number of rotatable bonds is 5. The maximum atomic E-state index is 12.1. The van der Waals surface area contributed by atoms with Gasteiger partial charge in [-0.1, -0.05) is 29.8 Å². The zero-order chi connectivity index (χ0) is 15.5. The summed E-state index contributed by atoms with van der Waals surface area (Å²) in [6.45, 7) is 3.18. The molecule has 0 aliphatic carbocycles. The average molecular weight is 301 g/mol. The van der Waals surface area contributed by atoms with Crippen LogP contribution in [0.5, 0.6) is 0 Å². The van der Waals surface area contributed by atoms with Crippen LogP contribution in [0, 0.1) is 6.92 Å². The van der Waals surface area contributed by atoms with Crippen molar-refractivity contribution in [2.75, 3.05) is 13.6 Å². The van der Waals surface area contributed by atoms with E-state index in [1.54, 1.807) is 0 Å². The van der Waals surface area contributed by atoms with E-state index in [0.29, 0.717) is 31.2 Å². The molecule has 0 aromatic heterocycles. The summed E-state index contributed by atoms with van der Waals surface area (Å²) >= 11 is 0. The van der Waals surface area contributed by atoms with Crippen molar-refractivity contribution in [3.63, 3.8) is 0 Å². The van der Waals surface area contributed by atoms with Gasteiger partial charge in [0.2, 0.25) is 5.91 Å². The summed E-state index contributed by atoms with van der Waals surface area (Å²) in [6.07, 6.45) is 4.96. The Hall–Kier alpha value is -1.39. The molecule has 22 heavy (non-hydrogen) atoms. The van der Waals surface area contributed by atoms with E-state index in [4.69, 9.17) is 0 Å². The Kier molecular flexibility index (Phi) is 4.79. The Morgan fingerprint density at radius 2 is 1.86 bits per heavy atom. The molecule has 2 heterocycles. The monoisotopic (exact) mass is 301 g/mol. The quantitative estimate of drug-likeness (QED) is 0.872. The molecule has 3 rings (SSSR count). The van der Waals surface area contributed by atoms with Crippen molar-refractivity contribution in [1.82, 2.24) is 15.5 Å². The molecule has 120 valence electrons. The highest BCUT2D eigenvalue weighted by Gasteiger charge is 2.35. The van der Waals surface area contributed by atoms with E-state index >= 15 is 0 Å². The second-order valence-corrected chi connectivity index (χ2v) is 6.94. The second-order valence-electron chi connectivity index (χ2n) is 6.94. The van der Waals surface area contributed by atoms with Gasteiger partial charge in [-0.25, -0.2) is 0 Å². The summed E-state index contributed by atoms with van der Waals surface area (Å²) < 4.78 is 0. The Morgan fingerprint density at radius 1 is 1.23 bits per heavy atom. The number of carbonyl (C=O) groups is 1. The summed E-state index contributed by atoms with van der Waals surface area (Å²) in [6, 6.07) is 10.2. The zero-order valence-electron chi connectivity index (χ0n) is 13.6. The van der Waals surface area contributed by atoms with Crippen LogP contribution >= 0.6 is 0 Å². The third kappa shape index (κ3) is 3.87. The van der Waals surface area contributed by atoms with Crippen LogP contribution in [-0.2, 0) is 11.3 Å². The van der Waals surface area contributed by atoms with Crippen LogP contribution in [0.4, 0.5) is 0 Å². The van der Waals surface area contributed by atoms with Gasteiger partial charge in [0.1, 0.15) is 0 Å². The van der Waals surface area contributed by atoms with E-state index in [9.17, 15) is 4.79 Å². The van der Waals surface area contributed by atoms with Crippen molar-refractivity contribution in [2.24, 2.45) is 0 Å². The Bertz CT molecular complexity index is 502. The molecular formula is C18H27N3O. The lowest BCUT2D eigenvalue weighted by Crippen LogP contribution is -2.49. The molecule has 0 radical (unpaired) electrons. The van der Waals surface area contributed by atoms with Gasteiger partial charge in [0.15, 0.2) is 0 Å². The molecule has 1 aromatic rings. The molecule has 1 aromatic carbocycles. The number of benzene rings is 1. The predicted octanol–water partition coefficient (Wildman–Crippen LogP) is 1.83. The molecule has 2 fully saturated rings. The van der Waals surface area contributed by atoms with Crippen LogP contribution in [0.1, 0.15) is 36.8 Å². The molecule has 4 nitrogen and oxygen atoms in total. The number of nitrogens with one attached hydrogen (secondary N) is 2. The molecule has 2 unspecified atom stereocenters. The van der Waals surface area contributed by atoms with E-state index in [0.717, 1.165) is 5.56 Å². The lowest BCUT2D eigenvalue weighted by atomic mass is 9.98. The lowest BCUT2D eigenvalue weighted by molar-refractivity contribution is -0.122. The van der Waals surface area contributed by atoms with Gasteiger partial charge in [-0.3, -0.25) is 9.69 Å². The fraction of sp³-hybridized carbons (Fsp3) is 0.611. The van der Waals surface area contributed by atoms with Crippen LogP contribution in [0.3, 0.4) is 0 Å². The largest absolute Gasteiger partial charge is 0.351 e. The van der Waals surface area contributed by atoms with E-state index in [1.807, 2.05) is 0 Å². The first kappa shape index (κ1) is 15.5. The van der Waals surface area contributed by atoms with Gasteiger partial charge in [-0.2, -0.15) is 0 Å². The van der Waals surface area contributed by atoms with E-state index < -0.39 is 0 Å². The molecule has 2 atom stereocenters. The van der Waals surface area contributed by atoms with Gasteiger partial charge in [0.05, 0.1) is 6.54 Å². The third-order valence-corrected chi connectivity index (χ3v) is 5.07. The maximum absolute atomic E-state index is 12.1. The van der Waals surface area contributed by atoms with Crippen molar-refractivity contribution >= 4 is 5.91 Å². The smallest absolute Gasteiger partial charge is 0.234 e. The van der Waals surface area contributed by atoms with Crippen LogP contribution in [0.15, 0.2) is 24.3 Å². The van der Waals surface area contributed by atoms with Crippen LogP contribution in [0.25, 0.3) is 0 Å². The average Bonchev–Trinajstić information content (AvgIpc) is 2.85. The normalized spacial score (nSPS) is 27.1. The number of carbonyl (C=O) groups excluding carboxylic acids is 1. The van der Waals surface area contributed by atoms with Crippen molar-refractivity contribution in [3.05, 3.63) is 35.4 Å². The second kappa shape index (κ2) is 6.80. The number of hydrogen-bond acceptors (Lipinski definition) is 3. The fourth-order valence-electron chi connectivity index (χ4n) is 3.71. The Labute approximate surface area is 133 Å². The predicted molar refractivity (Wildman–Crippen MR) is 88.6 cm³/mol. The highest BCUT2D eigenvalue weighted by atomic mass is 16.2. The van der Waals surface area contributed by atoms with Gasteiger partial charge in [-0.05, 0) is 45.2 Å². The number of aryl methyl sites for hydroxylation is 1. The molecule has 0 saturated carbocycles. The number of amides is 1. The SMILES string of the molecule is Cc1ccc(CNC(=O)CN(C)C2CC3CCC(C2)N3)cc1. The molecule has 2 saturated heterocycles. The first-order valence-corrected chi connectivity index (χ1v) is 8.38. The summed E-state index contributed by atoms with van der Waals surface area (Å²) in [5.74, 6) is 0.119. The van der Waals surface area contributed by atoms with Gasteiger partial charge in [0, 0.05) is 24.7 Å². The van der Waals surface area contributed by atoms with Crippen molar-refractivity contribution in [1.29, 1.82) is 0 Å². The highest BCUT2D eigenvalue weighted by Crippen LogP contribution is 2.29. The summed E-state index contributed by atoms with van der Waals surface area (Å²) in [7, 11) is 2.08. The number of piperidine rings is 1. The maximum Gasteiger partial charge on any atom is 0.234 e. The first-order valence-electron chi connectivity index (χ1n) is 8.38. The van der Waals surface area contributed by atoms with Gasteiger partial charge in [-0.15, -0.1) is 0 Å². The van der Waals surface area contributed by atoms with Gasteiger partial charge in [0.25, 0.3) is 0 Å². The molecule has 1 amide bonds. The third-order valence-electron chi connectivity index (χ3n) is 5.07. The number of likely N-dealkylation sites (N-methyl/N-ethyl adjacent to an activating group) is 1. The molecule has 2 bridgehead atoms.